The second kappa shape index (κ2) is 10.3. The summed E-state index contributed by atoms with van der Waals surface area (Å²) >= 11 is 1.20. The monoisotopic (exact) mass is 461 g/mol. The molecule has 3 heterocycles. The predicted octanol–water partition coefficient (Wildman–Crippen LogP) is 3.38. The second-order valence-electron chi connectivity index (χ2n) is 8.44. The number of piperidine rings is 1. The fraction of sp³-hybridized carbons (Fsp3) is 0.522. The van der Waals surface area contributed by atoms with E-state index in [9.17, 15) is 13.2 Å². The molecule has 31 heavy (non-hydrogen) atoms. The average molecular weight is 462 g/mol. The lowest BCUT2D eigenvalue weighted by Gasteiger charge is -2.26. The molecule has 1 aromatic heterocycles. The summed E-state index contributed by atoms with van der Waals surface area (Å²) in [5.74, 6) is -0.0932. The van der Waals surface area contributed by atoms with E-state index in [0.29, 0.717) is 23.8 Å². The van der Waals surface area contributed by atoms with Crippen molar-refractivity contribution in [2.75, 3.05) is 26.2 Å². The van der Waals surface area contributed by atoms with Gasteiger partial charge in [0.15, 0.2) is 0 Å². The Morgan fingerprint density at radius 1 is 0.871 bits per heavy atom. The van der Waals surface area contributed by atoms with Gasteiger partial charge in [-0.05, 0) is 62.0 Å². The molecule has 0 atom stereocenters. The van der Waals surface area contributed by atoms with Gasteiger partial charge in [0, 0.05) is 31.1 Å². The zero-order valence-corrected chi connectivity index (χ0v) is 19.5. The molecule has 168 valence electrons. The van der Waals surface area contributed by atoms with E-state index in [-0.39, 0.29) is 12.3 Å². The van der Waals surface area contributed by atoms with Crippen molar-refractivity contribution in [3.05, 3.63) is 52.4 Å². The van der Waals surface area contributed by atoms with Gasteiger partial charge in [-0.2, -0.15) is 4.31 Å². The zero-order chi connectivity index (χ0) is 21.7. The quantitative estimate of drug-likeness (QED) is 0.654. The van der Waals surface area contributed by atoms with Crippen LogP contribution in [-0.2, 0) is 34.3 Å². The molecule has 1 amide bonds. The van der Waals surface area contributed by atoms with E-state index in [1.54, 1.807) is 12.1 Å². The number of amides is 1. The lowest BCUT2D eigenvalue weighted by Crippen LogP contribution is -2.29. The number of carbonyl (C=O) groups excluding carboxylic acids is 1. The Morgan fingerprint density at radius 2 is 1.52 bits per heavy atom. The van der Waals surface area contributed by atoms with Gasteiger partial charge in [0.25, 0.3) is 10.0 Å². The third-order valence-corrected chi connectivity index (χ3v) is 9.45. The van der Waals surface area contributed by atoms with Crippen LogP contribution >= 0.6 is 11.3 Å². The maximum atomic E-state index is 12.6. The summed E-state index contributed by atoms with van der Waals surface area (Å²) in [6.45, 7) is 5.02. The highest BCUT2D eigenvalue weighted by Crippen LogP contribution is 2.27. The highest BCUT2D eigenvalue weighted by molar-refractivity contribution is 7.91. The number of sulfonamides is 1. The first-order valence-corrected chi connectivity index (χ1v) is 13.4. The van der Waals surface area contributed by atoms with E-state index < -0.39 is 10.0 Å². The molecule has 1 aromatic carbocycles. The summed E-state index contributed by atoms with van der Waals surface area (Å²) < 4.78 is 27.1. The van der Waals surface area contributed by atoms with Gasteiger partial charge in [0.2, 0.25) is 5.91 Å². The number of hydrogen-bond acceptors (Lipinski definition) is 5. The number of thiophene rings is 1. The van der Waals surface area contributed by atoms with Crippen LogP contribution in [0, 0.1) is 0 Å². The number of rotatable bonds is 8. The predicted molar refractivity (Wildman–Crippen MR) is 123 cm³/mol. The van der Waals surface area contributed by atoms with E-state index in [0.717, 1.165) is 29.8 Å². The van der Waals surface area contributed by atoms with E-state index in [1.807, 2.05) is 0 Å². The maximum Gasteiger partial charge on any atom is 0.252 e. The van der Waals surface area contributed by atoms with Crippen molar-refractivity contribution < 1.29 is 13.2 Å². The van der Waals surface area contributed by atoms with Crippen LogP contribution < -0.4 is 5.32 Å². The number of carbonyl (C=O) groups is 1. The van der Waals surface area contributed by atoms with Crippen molar-refractivity contribution in [2.24, 2.45) is 0 Å². The number of hydrogen-bond donors (Lipinski definition) is 1. The van der Waals surface area contributed by atoms with Gasteiger partial charge in [0.1, 0.15) is 4.21 Å². The van der Waals surface area contributed by atoms with Crippen molar-refractivity contribution in [3.8, 4) is 0 Å². The van der Waals surface area contributed by atoms with Gasteiger partial charge in [-0.1, -0.05) is 30.7 Å². The highest BCUT2D eigenvalue weighted by Gasteiger charge is 2.28. The van der Waals surface area contributed by atoms with E-state index >= 15 is 0 Å². The lowest BCUT2D eigenvalue weighted by molar-refractivity contribution is -0.120. The van der Waals surface area contributed by atoms with Crippen LogP contribution in [0.3, 0.4) is 0 Å². The Labute approximate surface area is 189 Å². The molecule has 2 fully saturated rings. The summed E-state index contributed by atoms with van der Waals surface area (Å²) in [5, 5.41) is 2.95. The standard InChI is InChI=1S/C23H31N3O3S2/c27-22(16-21-10-11-23(30-21)31(28,29)26-14-4-5-15-26)24-17-19-6-8-20(9-7-19)18-25-12-2-1-3-13-25/h6-11H,1-5,12-18H2,(H,24,27). The van der Waals surface area contributed by atoms with Crippen molar-refractivity contribution in [1.29, 1.82) is 0 Å². The minimum absolute atomic E-state index is 0.0932. The molecule has 0 spiro atoms. The van der Waals surface area contributed by atoms with Gasteiger partial charge in [-0.25, -0.2) is 8.42 Å². The van der Waals surface area contributed by atoms with Gasteiger partial charge < -0.3 is 5.32 Å². The highest BCUT2D eigenvalue weighted by atomic mass is 32.2. The molecular weight excluding hydrogens is 430 g/mol. The van der Waals surface area contributed by atoms with Crippen LogP contribution in [0.25, 0.3) is 0 Å². The van der Waals surface area contributed by atoms with Crippen LogP contribution in [0.5, 0.6) is 0 Å². The molecule has 0 radical (unpaired) electrons. The third kappa shape index (κ3) is 5.94. The van der Waals surface area contributed by atoms with Crippen LogP contribution in [0.15, 0.2) is 40.6 Å². The van der Waals surface area contributed by atoms with Crippen molar-refractivity contribution in [1.82, 2.24) is 14.5 Å². The number of nitrogens with zero attached hydrogens (tertiary/aromatic N) is 2. The first kappa shape index (κ1) is 22.5. The summed E-state index contributed by atoms with van der Waals surface area (Å²) in [7, 11) is -3.41. The Hall–Kier alpha value is -1.74. The van der Waals surface area contributed by atoms with Crippen LogP contribution in [0.2, 0.25) is 0 Å². The Balaban J connectivity index is 1.25. The largest absolute Gasteiger partial charge is 0.352 e. The smallest absolute Gasteiger partial charge is 0.252 e. The van der Waals surface area contributed by atoms with Crippen LogP contribution in [-0.4, -0.2) is 49.7 Å². The molecule has 0 saturated carbocycles. The molecule has 2 saturated heterocycles. The van der Waals surface area contributed by atoms with Gasteiger partial charge in [-0.15, -0.1) is 11.3 Å². The molecule has 8 heteroatoms. The molecule has 2 aromatic rings. The van der Waals surface area contributed by atoms with E-state index in [4.69, 9.17) is 0 Å². The molecule has 1 N–H and O–H groups in total. The minimum Gasteiger partial charge on any atom is -0.352 e. The summed E-state index contributed by atoms with van der Waals surface area (Å²) in [5.41, 5.74) is 2.38. The molecule has 6 nitrogen and oxygen atoms in total. The van der Waals surface area contributed by atoms with Crippen molar-refractivity contribution >= 4 is 27.3 Å². The molecular formula is C23H31N3O3S2. The summed E-state index contributed by atoms with van der Waals surface area (Å²) in [4.78, 5) is 15.6. The van der Waals surface area contributed by atoms with Crippen molar-refractivity contribution in [2.45, 2.75) is 55.8 Å². The average Bonchev–Trinajstić information content (AvgIpc) is 3.47. The van der Waals surface area contributed by atoms with Crippen molar-refractivity contribution in [3.63, 3.8) is 0 Å². The second-order valence-corrected chi connectivity index (χ2v) is 11.8. The number of nitrogens with one attached hydrogen (secondary N) is 1. The molecule has 0 bridgehead atoms. The molecule has 0 aliphatic carbocycles. The topological polar surface area (TPSA) is 69.7 Å². The Kier molecular flexibility index (Phi) is 7.43. The fourth-order valence-electron chi connectivity index (χ4n) is 4.21. The van der Waals surface area contributed by atoms with Crippen LogP contribution in [0.1, 0.15) is 48.1 Å². The Morgan fingerprint density at radius 3 is 2.23 bits per heavy atom. The zero-order valence-electron chi connectivity index (χ0n) is 17.9. The van der Waals surface area contributed by atoms with E-state index in [1.165, 1.54) is 53.6 Å². The van der Waals surface area contributed by atoms with Gasteiger partial charge in [-0.3, -0.25) is 9.69 Å². The third-order valence-electron chi connectivity index (χ3n) is 6.00. The fourth-order valence-corrected chi connectivity index (χ4v) is 7.23. The summed E-state index contributed by atoms with van der Waals surface area (Å²) in [6.07, 6.45) is 5.96. The van der Waals surface area contributed by atoms with Crippen LogP contribution in [0.4, 0.5) is 0 Å². The summed E-state index contributed by atoms with van der Waals surface area (Å²) in [6, 6.07) is 11.8. The lowest BCUT2D eigenvalue weighted by atomic mass is 10.1. The Bertz CT molecular complexity index is 974. The molecule has 4 rings (SSSR count). The normalized spacial score (nSPS) is 18.3. The SMILES string of the molecule is O=C(Cc1ccc(S(=O)(=O)N2CCCC2)s1)NCc1ccc(CN2CCCCC2)cc1. The maximum absolute atomic E-state index is 12.6. The van der Waals surface area contributed by atoms with Gasteiger partial charge in [0.05, 0.1) is 6.42 Å². The number of likely N-dealkylation sites (tertiary alicyclic amines) is 1. The molecule has 2 aliphatic heterocycles. The molecule has 2 aliphatic rings. The first-order chi connectivity index (χ1) is 15.0. The first-order valence-electron chi connectivity index (χ1n) is 11.2. The van der Waals surface area contributed by atoms with Gasteiger partial charge >= 0.3 is 0 Å². The number of benzene rings is 1. The molecule has 0 unspecified atom stereocenters. The van der Waals surface area contributed by atoms with E-state index in [2.05, 4.69) is 34.5 Å². The minimum atomic E-state index is -3.41.